The molecule has 2 heterocycles. The van der Waals surface area contributed by atoms with Gasteiger partial charge in [0, 0.05) is 6.54 Å². The SMILES string of the molecule is CCn1ncc(Br)c1C(=O)Nc1nnc(C)s1. The van der Waals surface area contributed by atoms with E-state index in [1.165, 1.54) is 11.3 Å². The highest BCUT2D eigenvalue weighted by Gasteiger charge is 2.17. The van der Waals surface area contributed by atoms with Crippen LogP contribution < -0.4 is 5.32 Å². The summed E-state index contributed by atoms with van der Waals surface area (Å²) >= 11 is 4.63. The molecule has 0 bridgehead atoms. The zero-order valence-electron chi connectivity index (χ0n) is 9.27. The van der Waals surface area contributed by atoms with Gasteiger partial charge in [0.05, 0.1) is 10.7 Å². The summed E-state index contributed by atoms with van der Waals surface area (Å²) in [5.74, 6) is -0.243. The van der Waals surface area contributed by atoms with Crippen molar-refractivity contribution in [1.82, 2.24) is 20.0 Å². The zero-order valence-corrected chi connectivity index (χ0v) is 11.7. The maximum absolute atomic E-state index is 12.0. The minimum absolute atomic E-state index is 0.243. The Kier molecular flexibility index (Phi) is 3.53. The molecule has 0 fully saturated rings. The molecule has 0 aliphatic carbocycles. The molecule has 0 aromatic carbocycles. The van der Waals surface area contributed by atoms with Gasteiger partial charge in [-0.15, -0.1) is 10.2 Å². The minimum atomic E-state index is -0.243. The van der Waals surface area contributed by atoms with E-state index in [1.54, 1.807) is 10.9 Å². The highest BCUT2D eigenvalue weighted by molar-refractivity contribution is 9.10. The first-order valence-electron chi connectivity index (χ1n) is 4.94. The molecule has 0 aliphatic rings. The highest BCUT2D eigenvalue weighted by atomic mass is 79.9. The molecule has 0 atom stereocenters. The predicted molar refractivity (Wildman–Crippen MR) is 68.2 cm³/mol. The van der Waals surface area contributed by atoms with Crippen LogP contribution in [0.4, 0.5) is 5.13 Å². The van der Waals surface area contributed by atoms with E-state index >= 15 is 0 Å². The fourth-order valence-electron chi connectivity index (χ4n) is 1.33. The quantitative estimate of drug-likeness (QED) is 0.941. The van der Waals surface area contributed by atoms with E-state index in [4.69, 9.17) is 0 Å². The smallest absolute Gasteiger partial charge is 0.276 e. The summed E-state index contributed by atoms with van der Waals surface area (Å²) in [6, 6.07) is 0. The molecule has 0 radical (unpaired) electrons. The van der Waals surface area contributed by atoms with Crippen LogP contribution in [0.15, 0.2) is 10.7 Å². The van der Waals surface area contributed by atoms with Crippen molar-refractivity contribution in [3.63, 3.8) is 0 Å². The largest absolute Gasteiger partial charge is 0.295 e. The van der Waals surface area contributed by atoms with Crippen LogP contribution in [-0.4, -0.2) is 25.9 Å². The van der Waals surface area contributed by atoms with Crippen molar-refractivity contribution in [1.29, 1.82) is 0 Å². The first-order valence-corrected chi connectivity index (χ1v) is 6.55. The first kappa shape index (κ1) is 12.2. The second kappa shape index (κ2) is 4.92. The monoisotopic (exact) mass is 315 g/mol. The number of anilines is 1. The van der Waals surface area contributed by atoms with E-state index in [1.807, 2.05) is 13.8 Å². The summed E-state index contributed by atoms with van der Waals surface area (Å²) in [5.41, 5.74) is 0.486. The second-order valence-corrected chi connectivity index (χ2v) is 5.27. The Bertz CT molecular complexity index is 549. The average Bonchev–Trinajstić information content (AvgIpc) is 2.84. The van der Waals surface area contributed by atoms with Gasteiger partial charge in [0.15, 0.2) is 0 Å². The molecule has 90 valence electrons. The fourth-order valence-corrected chi connectivity index (χ4v) is 2.39. The van der Waals surface area contributed by atoms with Gasteiger partial charge >= 0.3 is 0 Å². The lowest BCUT2D eigenvalue weighted by Crippen LogP contribution is -2.17. The highest BCUT2D eigenvalue weighted by Crippen LogP contribution is 2.19. The molecule has 0 saturated carbocycles. The van der Waals surface area contributed by atoms with Gasteiger partial charge in [-0.1, -0.05) is 11.3 Å². The number of hydrogen-bond acceptors (Lipinski definition) is 5. The lowest BCUT2D eigenvalue weighted by atomic mass is 10.4. The third kappa shape index (κ3) is 2.52. The van der Waals surface area contributed by atoms with Crippen LogP contribution in [0.3, 0.4) is 0 Å². The number of nitrogens with one attached hydrogen (secondary N) is 1. The summed E-state index contributed by atoms with van der Waals surface area (Å²) in [6.45, 7) is 4.38. The zero-order chi connectivity index (χ0) is 12.4. The lowest BCUT2D eigenvalue weighted by molar-refractivity contribution is 0.101. The Balaban J connectivity index is 2.22. The van der Waals surface area contributed by atoms with Gasteiger partial charge in [0.2, 0.25) is 5.13 Å². The number of halogens is 1. The summed E-state index contributed by atoms with van der Waals surface area (Å²) < 4.78 is 2.28. The maximum atomic E-state index is 12.0. The fraction of sp³-hybridized carbons (Fsp3) is 0.333. The van der Waals surface area contributed by atoms with Gasteiger partial charge in [0.25, 0.3) is 5.91 Å². The van der Waals surface area contributed by atoms with Gasteiger partial charge in [0.1, 0.15) is 10.7 Å². The number of carbonyl (C=O) groups is 1. The van der Waals surface area contributed by atoms with Crippen LogP contribution in [0.1, 0.15) is 22.4 Å². The Morgan fingerprint density at radius 3 is 2.94 bits per heavy atom. The Morgan fingerprint density at radius 2 is 2.35 bits per heavy atom. The topological polar surface area (TPSA) is 72.7 Å². The van der Waals surface area contributed by atoms with Crippen LogP contribution in [0.25, 0.3) is 0 Å². The molecule has 0 spiro atoms. The predicted octanol–water partition coefficient (Wildman–Crippen LogP) is 2.08. The summed E-state index contributed by atoms with van der Waals surface area (Å²) in [7, 11) is 0. The van der Waals surface area contributed by atoms with Crippen molar-refractivity contribution in [2.45, 2.75) is 20.4 Å². The molecular weight excluding hydrogens is 306 g/mol. The average molecular weight is 316 g/mol. The number of aryl methyl sites for hydroxylation is 2. The third-order valence-corrected chi connectivity index (χ3v) is 3.39. The number of hydrogen-bond donors (Lipinski definition) is 1. The van der Waals surface area contributed by atoms with Crippen LogP contribution >= 0.6 is 27.3 Å². The van der Waals surface area contributed by atoms with Gasteiger partial charge in [-0.25, -0.2) is 0 Å². The molecule has 0 unspecified atom stereocenters. The molecule has 0 aliphatic heterocycles. The van der Waals surface area contributed by atoms with Crippen molar-refractivity contribution in [3.8, 4) is 0 Å². The Hall–Kier alpha value is -1.28. The van der Waals surface area contributed by atoms with E-state index in [0.29, 0.717) is 21.8 Å². The minimum Gasteiger partial charge on any atom is -0.295 e. The van der Waals surface area contributed by atoms with Crippen LogP contribution in [0.5, 0.6) is 0 Å². The molecule has 2 rings (SSSR count). The molecule has 6 nitrogen and oxygen atoms in total. The van der Waals surface area contributed by atoms with Gasteiger partial charge in [-0.3, -0.25) is 14.8 Å². The molecule has 17 heavy (non-hydrogen) atoms. The van der Waals surface area contributed by atoms with Crippen LogP contribution in [0, 0.1) is 6.92 Å². The van der Waals surface area contributed by atoms with Crippen molar-refractivity contribution in [2.75, 3.05) is 5.32 Å². The number of aromatic nitrogens is 4. The van der Waals surface area contributed by atoms with E-state index in [0.717, 1.165) is 5.01 Å². The number of nitrogens with zero attached hydrogens (tertiary/aromatic N) is 4. The van der Waals surface area contributed by atoms with Gasteiger partial charge < -0.3 is 0 Å². The van der Waals surface area contributed by atoms with Crippen LogP contribution in [-0.2, 0) is 6.54 Å². The number of rotatable bonds is 3. The summed E-state index contributed by atoms with van der Waals surface area (Å²) in [6.07, 6.45) is 1.60. The second-order valence-electron chi connectivity index (χ2n) is 3.24. The lowest BCUT2D eigenvalue weighted by Gasteiger charge is -2.04. The molecular formula is C9H10BrN5OS. The molecule has 2 aromatic heterocycles. The van der Waals surface area contributed by atoms with Crippen molar-refractivity contribution < 1.29 is 4.79 Å². The standard InChI is InChI=1S/C9H10BrN5OS/c1-3-15-7(6(10)4-11-15)8(16)12-9-14-13-5(2)17-9/h4H,3H2,1-2H3,(H,12,14,16). The number of carbonyl (C=O) groups excluding carboxylic acids is 1. The number of amides is 1. The molecule has 0 saturated heterocycles. The van der Waals surface area contributed by atoms with Gasteiger partial charge in [-0.2, -0.15) is 5.10 Å². The Labute approximate surface area is 110 Å². The molecule has 8 heteroatoms. The third-order valence-electron chi connectivity index (χ3n) is 2.06. The van der Waals surface area contributed by atoms with Crippen LogP contribution in [0.2, 0.25) is 0 Å². The molecule has 2 aromatic rings. The van der Waals surface area contributed by atoms with E-state index < -0.39 is 0 Å². The van der Waals surface area contributed by atoms with E-state index in [9.17, 15) is 4.79 Å². The Morgan fingerprint density at radius 1 is 1.59 bits per heavy atom. The maximum Gasteiger partial charge on any atom is 0.276 e. The molecule has 1 N–H and O–H groups in total. The van der Waals surface area contributed by atoms with E-state index in [2.05, 4.69) is 36.5 Å². The summed E-state index contributed by atoms with van der Waals surface area (Å²) in [5, 5.41) is 15.8. The first-order chi connectivity index (χ1) is 8.11. The van der Waals surface area contributed by atoms with Gasteiger partial charge in [-0.05, 0) is 29.8 Å². The van der Waals surface area contributed by atoms with Crippen molar-refractivity contribution in [3.05, 3.63) is 21.4 Å². The summed E-state index contributed by atoms with van der Waals surface area (Å²) in [4.78, 5) is 12.0. The normalized spacial score (nSPS) is 10.5. The van der Waals surface area contributed by atoms with Crippen molar-refractivity contribution in [2.24, 2.45) is 0 Å². The van der Waals surface area contributed by atoms with E-state index in [-0.39, 0.29) is 5.91 Å². The van der Waals surface area contributed by atoms with Crippen molar-refractivity contribution >= 4 is 38.3 Å². The molecule has 1 amide bonds.